The number of hydrogen-bond donors (Lipinski definition) is 2. The zero-order chi connectivity index (χ0) is 21.1. The number of piperidine rings is 1. The Morgan fingerprint density at radius 2 is 2.14 bits per heavy atom. The molecule has 0 aromatic carbocycles. The van der Waals surface area contributed by atoms with E-state index in [1.165, 1.54) is 43.6 Å². The van der Waals surface area contributed by atoms with Crippen molar-refractivity contribution in [2.45, 2.75) is 65.5 Å². The smallest absolute Gasteiger partial charge is 0.191 e. The minimum Gasteiger partial charge on any atom is -0.357 e. The molecule has 1 aromatic heterocycles. The van der Waals surface area contributed by atoms with Crippen LogP contribution in [0.25, 0.3) is 0 Å². The van der Waals surface area contributed by atoms with E-state index in [9.17, 15) is 0 Å². The zero-order valence-electron chi connectivity index (χ0n) is 19.3. The van der Waals surface area contributed by atoms with E-state index < -0.39 is 0 Å². The monoisotopic (exact) mass is 421 g/mol. The number of nitrogens with zero attached hydrogens (tertiary/aromatic N) is 3. The summed E-state index contributed by atoms with van der Waals surface area (Å²) >= 11 is 1.88. The van der Waals surface area contributed by atoms with Crippen LogP contribution in [0.4, 0.5) is 0 Å². The molecule has 0 bridgehead atoms. The summed E-state index contributed by atoms with van der Waals surface area (Å²) in [6.45, 7) is 15.3. The van der Waals surface area contributed by atoms with Gasteiger partial charge in [0.2, 0.25) is 0 Å². The number of hydrogen-bond acceptors (Lipinski definition) is 4. The van der Waals surface area contributed by atoms with Gasteiger partial charge >= 0.3 is 0 Å². The van der Waals surface area contributed by atoms with Gasteiger partial charge in [-0.25, -0.2) is 0 Å². The van der Waals surface area contributed by atoms with E-state index in [1.54, 1.807) is 0 Å². The quantitative estimate of drug-likeness (QED) is 0.415. The van der Waals surface area contributed by atoms with Crippen LogP contribution in [-0.2, 0) is 0 Å². The Labute approximate surface area is 183 Å². The maximum absolute atomic E-state index is 5.01. The van der Waals surface area contributed by atoms with Crippen LogP contribution in [0.5, 0.6) is 0 Å². The van der Waals surface area contributed by atoms with E-state index in [0.29, 0.717) is 18.0 Å². The molecule has 1 fully saturated rings. The predicted octanol–water partition coefficient (Wildman–Crippen LogP) is 4.20. The summed E-state index contributed by atoms with van der Waals surface area (Å²) in [6.07, 6.45) is 4.92. The van der Waals surface area contributed by atoms with E-state index in [-0.39, 0.29) is 0 Å². The van der Waals surface area contributed by atoms with Crippen LogP contribution in [0.15, 0.2) is 22.5 Å². The minimum atomic E-state index is 0.436. The second-order valence-corrected chi connectivity index (χ2v) is 9.26. The largest absolute Gasteiger partial charge is 0.357 e. The van der Waals surface area contributed by atoms with Crippen molar-refractivity contribution < 1.29 is 0 Å². The van der Waals surface area contributed by atoms with Crippen LogP contribution in [-0.4, -0.2) is 68.1 Å². The lowest BCUT2D eigenvalue weighted by Crippen LogP contribution is -2.43. The summed E-state index contributed by atoms with van der Waals surface area (Å²) in [7, 11) is 2.27. The fraction of sp³-hybridized carbons (Fsp3) is 0.783. The van der Waals surface area contributed by atoms with Crippen molar-refractivity contribution in [3.8, 4) is 0 Å². The third kappa shape index (κ3) is 7.91. The first-order valence-electron chi connectivity index (χ1n) is 11.6. The van der Waals surface area contributed by atoms with Gasteiger partial charge in [0.05, 0.1) is 0 Å². The fourth-order valence-corrected chi connectivity index (χ4v) is 5.34. The molecule has 3 unspecified atom stereocenters. The molecule has 29 heavy (non-hydrogen) atoms. The Morgan fingerprint density at radius 1 is 1.34 bits per heavy atom. The number of guanidine groups is 1. The molecule has 166 valence electrons. The molecule has 3 atom stereocenters. The third-order valence-corrected chi connectivity index (χ3v) is 7.00. The molecule has 0 saturated carbocycles. The Hall–Kier alpha value is -1.11. The topological polar surface area (TPSA) is 42.9 Å². The second-order valence-electron chi connectivity index (χ2n) is 8.28. The molecule has 2 N–H and O–H groups in total. The average Bonchev–Trinajstić information content (AvgIpc) is 3.24. The van der Waals surface area contributed by atoms with Crippen molar-refractivity contribution in [3.63, 3.8) is 0 Å². The predicted molar refractivity (Wildman–Crippen MR) is 128 cm³/mol. The molecular formula is C23H43N5S. The highest BCUT2D eigenvalue weighted by Crippen LogP contribution is 2.37. The summed E-state index contributed by atoms with van der Waals surface area (Å²) in [5, 5.41) is 9.29. The van der Waals surface area contributed by atoms with Gasteiger partial charge in [-0.15, -0.1) is 11.3 Å². The maximum atomic E-state index is 5.01. The lowest BCUT2D eigenvalue weighted by Gasteiger charge is -2.38. The molecule has 1 aliphatic heterocycles. The van der Waals surface area contributed by atoms with Gasteiger partial charge in [-0.1, -0.05) is 19.9 Å². The van der Waals surface area contributed by atoms with E-state index in [4.69, 9.17) is 4.99 Å². The normalized spacial score (nSPS) is 22.1. The van der Waals surface area contributed by atoms with Crippen molar-refractivity contribution >= 4 is 17.3 Å². The molecule has 0 spiro atoms. The SMILES string of the molecule is CCNC(=NCC1CCCN(C)C1c1cccs1)NC(C)CCCN(CC)CC. The lowest BCUT2D eigenvalue weighted by atomic mass is 9.88. The van der Waals surface area contributed by atoms with Crippen LogP contribution < -0.4 is 10.6 Å². The van der Waals surface area contributed by atoms with Crippen LogP contribution in [0.1, 0.15) is 64.3 Å². The van der Waals surface area contributed by atoms with Crippen molar-refractivity contribution in [2.75, 3.05) is 46.3 Å². The van der Waals surface area contributed by atoms with Gasteiger partial charge < -0.3 is 15.5 Å². The van der Waals surface area contributed by atoms with E-state index in [2.05, 4.69) is 72.7 Å². The van der Waals surface area contributed by atoms with E-state index >= 15 is 0 Å². The highest BCUT2D eigenvalue weighted by atomic mass is 32.1. The van der Waals surface area contributed by atoms with Gasteiger partial charge in [0.25, 0.3) is 0 Å². The molecule has 1 saturated heterocycles. The number of thiophene rings is 1. The molecule has 2 rings (SSSR count). The maximum Gasteiger partial charge on any atom is 0.191 e. The first-order chi connectivity index (χ1) is 14.1. The molecule has 0 amide bonds. The summed E-state index contributed by atoms with van der Waals surface area (Å²) in [6, 6.07) is 5.40. The Morgan fingerprint density at radius 3 is 2.79 bits per heavy atom. The number of nitrogens with one attached hydrogen (secondary N) is 2. The molecule has 5 nitrogen and oxygen atoms in total. The van der Waals surface area contributed by atoms with Gasteiger partial charge in [0.15, 0.2) is 5.96 Å². The van der Waals surface area contributed by atoms with E-state index in [0.717, 1.165) is 32.1 Å². The van der Waals surface area contributed by atoms with Crippen LogP contribution in [0.2, 0.25) is 0 Å². The van der Waals surface area contributed by atoms with Crippen molar-refractivity contribution in [1.29, 1.82) is 0 Å². The summed E-state index contributed by atoms with van der Waals surface area (Å²) in [4.78, 5) is 11.5. The molecular weight excluding hydrogens is 378 g/mol. The highest BCUT2D eigenvalue weighted by Gasteiger charge is 2.31. The highest BCUT2D eigenvalue weighted by molar-refractivity contribution is 7.10. The third-order valence-electron chi connectivity index (χ3n) is 6.06. The van der Waals surface area contributed by atoms with Crippen LogP contribution in [0, 0.1) is 5.92 Å². The molecule has 1 aromatic rings. The van der Waals surface area contributed by atoms with Crippen LogP contribution in [0.3, 0.4) is 0 Å². The average molecular weight is 422 g/mol. The Balaban J connectivity index is 1.91. The summed E-state index contributed by atoms with van der Waals surface area (Å²) in [5.74, 6) is 1.56. The first kappa shape index (κ1) is 24.2. The van der Waals surface area contributed by atoms with Gasteiger partial charge in [0.1, 0.15) is 0 Å². The molecule has 6 heteroatoms. The zero-order valence-corrected chi connectivity index (χ0v) is 20.1. The molecule has 2 heterocycles. The van der Waals surface area contributed by atoms with Crippen molar-refractivity contribution in [2.24, 2.45) is 10.9 Å². The van der Waals surface area contributed by atoms with Crippen molar-refractivity contribution in [3.05, 3.63) is 22.4 Å². The Kier molecular flexibility index (Phi) is 11.0. The van der Waals surface area contributed by atoms with Crippen molar-refractivity contribution in [1.82, 2.24) is 20.4 Å². The second kappa shape index (κ2) is 13.2. The molecule has 0 aliphatic carbocycles. The summed E-state index contributed by atoms with van der Waals surface area (Å²) in [5.41, 5.74) is 0. The van der Waals surface area contributed by atoms with Gasteiger partial charge in [-0.05, 0) is 90.1 Å². The minimum absolute atomic E-state index is 0.436. The van der Waals surface area contributed by atoms with Gasteiger partial charge in [0, 0.05) is 30.1 Å². The summed E-state index contributed by atoms with van der Waals surface area (Å²) < 4.78 is 0. The Bertz CT molecular complexity index is 570. The standard InChI is InChI=1S/C23H43N5S/c1-6-24-23(26-19(4)12-9-16-28(7-2)8-3)25-18-20-13-10-15-27(5)22(20)21-14-11-17-29-21/h11,14,17,19-20,22H,6-10,12-13,15-16,18H2,1-5H3,(H2,24,25,26). The number of likely N-dealkylation sites (tertiary alicyclic amines) is 1. The number of aliphatic imine (C=N–C) groups is 1. The first-order valence-corrected chi connectivity index (χ1v) is 12.5. The van der Waals surface area contributed by atoms with Gasteiger partial charge in [-0.3, -0.25) is 9.89 Å². The fourth-order valence-electron chi connectivity index (χ4n) is 4.35. The van der Waals surface area contributed by atoms with Gasteiger partial charge in [-0.2, -0.15) is 0 Å². The lowest BCUT2D eigenvalue weighted by molar-refractivity contribution is 0.128. The number of rotatable bonds is 11. The van der Waals surface area contributed by atoms with Crippen LogP contribution >= 0.6 is 11.3 Å². The molecule has 0 radical (unpaired) electrons. The molecule has 1 aliphatic rings. The van der Waals surface area contributed by atoms with E-state index in [1.807, 2.05) is 11.3 Å².